The summed E-state index contributed by atoms with van der Waals surface area (Å²) in [6, 6.07) is 15.0. The van der Waals surface area contributed by atoms with Crippen molar-refractivity contribution in [1.82, 2.24) is 0 Å². The third kappa shape index (κ3) is 4.49. The van der Waals surface area contributed by atoms with E-state index < -0.39 is 5.97 Å². The summed E-state index contributed by atoms with van der Waals surface area (Å²) in [4.78, 5) is 23.7. The highest BCUT2D eigenvalue weighted by molar-refractivity contribution is 5.93. The zero-order chi connectivity index (χ0) is 18.5. The first-order valence-corrected chi connectivity index (χ1v) is 8.83. The standard InChI is InChI=1S/C21H23NO4/c1-14-7-9-16(10-8-14)20-18(6-3-11-26-20)21(25)22-17-5-2-4-15(12-17)13-19(23)24/h2,4-5,7-10,12,18,20H,3,6,11,13H2,1H3,(H,22,25)(H,23,24). The molecule has 5 nitrogen and oxygen atoms in total. The minimum absolute atomic E-state index is 0.0672. The van der Waals surface area contributed by atoms with Gasteiger partial charge in [-0.3, -0.25) is 9.59 Å². The molecule has 1 fully saturated rings. The van der Waals surface area contributed by atoms with Crippen LogP contribution in [0.5, 0.6) is 0 Å². The number of amides is 1. The average Bonchev–Trinajstić information content (AvgIpc) is 2.62. The van der Waals surface area contributed by atoms with E-state index in [1.165, 1.54) is 5.56 Å². The van der Waals surface area contributed by atoms with E-state index in [-0.39, 0.29) is 24.3 Å². The Morgan fingerprint density at radius 2 is 1.96 bits per heavy atom. The lowest BCUT2D eigenvalue weighted by atomic mass is 9.88. The van der Waals surface area contributed by atoms with Gasteiger partial charge in [-0.1, -0.05) is 42.0 Å². The highest BCUT2D eigenvalue weighted by Crippen LogP contribution is 2.34. The van der Waals surface area contributed by atoms with Crippen LogP contribution in [-0.4, -0.2) is 23.6 Å². The SMILES string of the molecule is Cc1ccc(C2OCCCC2C(=O)Nc2cccc(CC(=O)O)c2)cc1. The second-order valence-electron chi connectivity index (χ2n) is 6.71. The van der Waals surface area contributed by atoms with E-state index in [1.807, 2.05) is 31.2 Å². The maximum atomic E-state index is 12.8. The largest absolute Gasteiger partial charge is 0.481 e. The fourth-order valence-corrected chi connectivity index (χ4v) is 3.30. The molecule has 2 aromatic carbocycles. The molecule has 2 aromatic rings. The molecule has 2 unspecified atom stereocenters. The van der Waals surface area contributed by atoms with Crippen LogP contribution in [0.2, 0.25) is 0 Å². The number of carbonyl (C=O) groups is 2. The van der Waals surface area contributed by atoms with Gasteiger partial charge in [-0.25, -0.2) is 0 Å². The Kier molecular flexibility index (Phi) is 5.68. The lowest BCUT2D eigenvalue weighted by Gasteiger charge is -2.31. The van der Waals surface area contributed by atoms with E-state index in [0.29, 0.717) is 17.9 Å². The van der Waals surface area contributed by atoms with Crippen molar-refractivity contribution in [2.24, 2.45) is 5.92 Å². The average molecular weight is 353 g/mol. The first-order valence-electron chi connectivity index (χ1n) is 8.83. The number of hydrogen-bond acceptors (Lipinski definition) is 3. The van der Waals surface area contributed by atoms with E-state index in [1.54, 1.807) is 24.3 Å². The molecule has 0 aromatic heterocycles. The molecular formula is C21H23NO4. The fraction of sp³-hybridized carbons (Fsp3) is 0.333. The first kappa shape index (κ1) is 18.1. The van der Waals surface area contributed by atoms with Crippen molar-refractivity contribution in [2.45, 2.75) is 32.3 Å². The van der Waals surface area contributed by atoms with Gasteiger partial charge in [-0.15, -0.1) is 0 Å². The monoisotopic (exact) mass is 353 g/mol. The van der Waals surface area contributed by atoms with Crippen molar-refractivity contribution >= 4 is 17.6 Å². The van der Waals surface area contributed by atoms with Gasteiger partial charge in [0.2, 0.25) is 5.91 Å². The van der Waals surface area contributed by atoms with Crippen LogP contribution in [0.1, 0.15) is 35.6 Å². The normalized spacial score (nSPS) is 19.7. The Bertz CT molecular complexity index is 785. The molecule has 1 saturated heterocycles. The summed E-state index contributed by atoms with van der Waals surface area (Å²) in [5, 5.41) is 11.8. The number of anilines is 1. The van der Waals surface area contributed by atoms with Crippen LogP contribution in [0, 0.1) is 12.8 Å². The van der Waals surface area contributed by atoms with Gasteiger partial charge < -0.3 is 15.2 Å². The van der Waals surface area contributed by atoms with Crippen molar-refractivity contribution in [3.8, 4) is 0 Å². The number of nitrogens with one attached hydrogen (secondary N) is 1. The molecule has 0 aliphatic carbocycles. The number of aliphatic carboxylic acids is 1. The number of hydrogen-bond donors (Lipinski definition) is 2. The smallest absolute Gasteiger partial charge is 0.307 e. The highest BCUT2D eigenvalue weighted by atomic mass is 16.5. The molecule has 0 spiro atoms. The van der Waals surface area contributed by atoms with Gasteiger partial charge in [0, 0.05) is 12.3 Å². The summed E-state index contributed by atoms with van der Waals surface area (Å²) in [6.45, 7) is 2.68. The van der Waals surface area contributed by atoms with Crippen molar-refractivity contribution in [2.75, 3.05) is 11.9 Å². The number of carboxylic acids is 1. The van der Waals surface area contributed by atoms with Crippen molar-refractivity contribution in [3.63, 3.8) is 0 Å². The van der Waals surface area contributed by atoms with Crippen molar-refractivity contribution in [1.29, 1.82) is 0 Å². The quantitative estimate of drug-likeness (QED) is 0.859. The minimum atomic E-state index is -0.895. The summed E-state index contributed by atoms with van der Waals surface area (Å²) in [5.74, 6) is -1.26. The third-order valence-electron chi connectivity index (χ3n) is 4.61. The lowest BCUT2D eigenvalue weighted by molar-refractivity contribution is -0.136. The number of benzene rings is 2. The summed E-state index contributed by atoms with van der Waals surface area (Å²) in [5.41, 5.74) is 3.45. The second kappa shape index (κ2) is 8.15. The number of rotatable bonds is 5. The summed E-state index contributed by atoms with van der Waals surface area (Å²) in [7, 11) is 0. The summed E-state index contributed by atoms with van der Waals surface area (Å²) >= 11 is 0. The van der Waals surface area contributed by atoms with Crippen LogP contribution in [0.4, 0.5) is 5.69 Å². The van der Waals surface area contributed by atoms with Gasteiger partial charge in [0.1, 0.15) is 0 Å². The lowest BCUT2D eigenvalue weighted by Crippen LogP contribution is -2.33. The van der Waals surface area contributed by atoms with Crippen LogP contribution in [0.15, 0.2) is 48.5 Å². The molecule has 0 saturated carbocycles. The molecule has 0 bridgehead atoms. The molecule has 1 heterocycles. The number of aryl methyl sites for hydroxylation is 1. The van der Waals surface area contributed by atoms with Gasteiger partial charge in [0.15, 0.2) is 0 Å². The Hall–Kier alpha value is -2.66. The van der Waals surface area contributed by atoms with E-state index in [2.05, 4.69) is 5.32 Å². The molecular weight excluding hydrogens is 330 g/mol. The Balaban J connectivity index is 1.74. The molecule has 1 aliphatic rings. The van der Waals surface area contributed by atoms with Crippen molar-refractivity contribution < 1.29 is 19.4 Å². The van der Waals surface area contributed by atoms with E-state index >= 15 is 0 Å². The second-order valence-corrected chi connectivity index (χ2v) is 6.71. The third-order valence-corrected chi connectivity index (χ3v) is 4.61. The van der Waals surface area contributed by atoms with Gasteiger partial charge >= 0.3 is 5.97 Å². The predicted molar refractivity (Wildman–Crippen MR) is 99.0 cm³/mol. The van der Waals surface area contributed by atoms with Gasteiger partial charge in [0.05, 0.1) is 18.4 Å². The van der Waals surface area contributed by atoms with Crippen LogP contribution in [0.3, 0.4) is 0 Å². The first-order chi connectivity index (χ1) is 12.5. The zero-order valence-electron chi connectivity index (χ0n) is 14.8. The minimum Gasteiger partial charge on any atom is -0.481 e. The van der Waals surface area contributed by atoms with Crippen LogP contribution in [-0.2, 0) is 20.7 Å². The Morgan fingerprint density at radius 1 is 1.19 bits per heavy atom. The molecule has 0 radical (unpaired) electrons. The van der Waals surface area contributed by atoms with Crippen LogP contribution < -0.4 is 5.32 Å². The molecule has 1 aliphatic heterocycles. The van der Waals surface area contributed by atoms with E-state index in [9.17, 15) is 9.59 Å². The number of carbonyl (C=O) groups excluding carboxylic acids is 1. The van der Waals surface area contributed by atoms with Crippen LogP contribution >= 0.6 is 0 Å². The number of ether oxygens (including phenoxy) is 1. The molecule has 1 amide bonds. The van der Waals surface area contributed by atoms with Gasteiger partial charge in [-0.05, 0) is 43.0 Å². The topological polar surface area (TPSA) is 75.6 Å². The maximum absolute atomic E-state index is 12.8. The maximum Gasteiger partial charge on any atom is 0.307 e. The number of carboxylic acid groups (broad SMARTS) is 1. The predicted octanol–water partition coefficient (Wildman–Crippen LogP) is 3.73. The highest BCUT2D eigenvalue weighted by Gasteiger charge is 2.33. The zero-order valence-corrected chi connectivity index (χ0v) is 14.8. The van der Waals surface area contributed by atoms with E-state index in [4.69, 9.17) is 9.84 Å². The summed E-state index contributed by atoms with van der Waals surface area (Å²) < 4.78 is 5.91. The van der Waals surface area contributed by atoms with Gasteiger partial charge in [0.25, 0.3) is 0 Å². The molecule has 26 heavy (non-hydrogen) atoms. The molecule has 2 atom stereocenters. The molecule has 2 N–H and O–H groups in total. The van der Waals surface area contributed by atoms with E-state index in [0.717, 1.165) is 18.4 Å². The summed E-state index contributed by atoms with van der Waals surface area (Å²) in [6.07, 6.45) is 1.28. The van der Waals surface area contributed by atoms with Crippen LogP contribution in [0.25, 0.3) is 0 Å². The van der Waals surface area contributed by atoms with Crippen molar-refractivity contribution in [3.05, 3.63) is 65.2 Å². The fourth-order valence-electron chi connectivity index (χ4n) is 3.30. The molecule has 3 rings (SSSR count). The Labute approximate surface area is 153 Å². The Morgan fingerprint density at radius 3 is 2.69 bits per heavy atom. The van der Waals surface area contributed by atoms with Gasteiger partial charge in [-0.2, -0.15) is 0 Å². The molecule has 136 valence electrons. The molecule has 5 heteroatoms.